The molecule has 1 unspecified atom stereocenters. The minimum Gasteiger partial charge on any atom is -0.371 e. The van der Waals surface area contributed by atoms with E-state index in [0.717, 1.165) is 24.1 Å². The third-order valence-corrected chi connectivity index (χ3v) is 5.21. The molecular weight excluding hydrogens is 380 g/mol. The van der Waals surface area contributed by atoms with Crippen molar-refractivity contribution in [1.29, 1.82) is 0 Å². The molecule has 2 heterocycles. The fourth-order valence-electron chi connectivity index (χ4n) is 3.62. The lowest BCUT2D eigenvalue weighted by Gasteiger charge is -2.26. The highest BCUT2D eigenvalue weighted by molar-refractivity contribution is 5.96. The molecule has 2 aromatic carbocycles. The van der Waals surface area contributed by atoms with E-state index in [1.165, 1.54) is 21.4 Å². The second kappa shape index (κ2) is 8.16. The molecule has 4 rings (SSSR count). The quantitative estimate of drug-likeness (QED) is 0.837. The topological polar surface area (TPSA) is 61.9 Å². The van der Waals surface area contributed by atoms with E-state index in [0.29, 0.717) is 26.2 Å². The van der Waals surface area contributed by atoms with Crippen molar-refractivity contribution in [2.75, 3.05) is 31.1 Å². The minimum atomic E-state index is -1.01. The number of carbonyl (C=O) groups excluding carboxylic acids is 2. The number of fused-ring (bicyclic) bond motifs is 1. The van der Waals surface area contributed by atoms with Gasteiger partial charge in [-0.3, -0.25) is 9.69 Å². The van der Waals surface area contributed by atoms with Gasteiger partial charge in [0.2, 0.25) is 5.91 Å². The summed E-state index contributed by atoms with van der Waals surface area (Å²) in [4.78, 5) is 27.5. The van der Waals surface area contributed by atoms with Crippen LogP contribution >= 0.6 is 0 Å². The van der Waals surface area contributed by atoms with Crippen LogP contribution in [0.1, 0.15) is 11.1 Å². The number of amides is 3. The Morgan fingerprint density at radius 1 is 1.10 bits per heavy atom. The largest absolute Gasteiger partial charge is 0.371 e. The number of benzene rings is 2. The summed E-state index contributed by atoms with van der Waals surface area (Å²) in [6, 6.07) is 10.9. The Bertz CT molecular complexity index is 937. The number of halogens is 2. The van der Waals surface area contributed by atoms with Crippen LogP contribution in [-0.2, 0) is 22.6 Å². The molecule has 0 spiro atoms. The zero-order chi connectivity index (χ0) is 20.4. The summed E-state index contributed by atoms with van der Waals surface area (Å²) < 4.78 is 32.3. The van der Waals surface area contributed by atoms with Crippen molar-refractivity contribution in [3.8, 4) is 0 Å². The fourth-order valence-corrected chi connectivity index (χ4v) is 3.62. The molecule has 29 heavy (non-hydrogen) atoms. The van der Waals surface area contributed by atoms with Crippen LogP contribution in [0.15, 0.2) is 42.5 Å². The van der Waals surface area contributed by atoms with Crippen LogP contribution in [0.25, 0.3) is 0 Å². The molecule has 1 saturated heterocycles. The van der Waals surface area contributed by atoms with Gasteiger partial charge in [0.25, 0.3) is 0 Å². The van der Waals surface area contributed by atoms with E-state index in [2.05, 4.69) is 11.4 Å². The Hall–Kier alpha value is -3.00. The standard InChI is InChI=1S/C21H21F2N3O3/c22-18-6-5-16(10-19(18)23)26-8-7-25(21(26)28)12-20(27)24-11-17-9-14-3-1-2-4-15(14)13-29-17/h1-6,10,17H,7-9,11-13H2,(H,24,27). The first-order valence-corrected chi connectivity index (χ1v) is 9.48. The molecule has 0 aromatic heterocycles. The number of nitrogens with zero attached hydrogens (tertiary/aromatic N) is 2. The summed E-state index contributed by atoms with van der Waals surface area (Å²) in [6.07, 6.45) is 0.616. The molecule has 0 radical (unpaired) electrons. The van der Waals surface area contributed by atoms with Gasteiger partial charge < -0.3 is 15.0 Å². The van der Waals surface area contributed by atoms with E-state index >= 15 is 0 Å². The molecule has 1 N–H and O–H groups in total. The van der Waals surface area contributed by atoms with Gasteiger partial charge in [0.15, 0.2) is 11.6 Å². The summed E-state index contributed by atoms with van der Waals surface area (Å²) in [6.45, 7) is 1.42. The number of anilines is 1. The second-order valence-electron chi connectivity index (χ2n) is 7.16. The molecule has 0 aliphatic carbocycles. The summed E-state index contributed by atoms with van der Waals surface area (Å²) in [5.41, 5.74) is 2.65. The van der Waals surface area contributed by atoms with Crippen molar-refractivity contribution in [3.63, 3.8) is 0 Å². The van der Waals surface area contributed by atoms with Gasteiger partial charge in [-0.25, -0.2) is 13.6 Å². The van der Waals surface area contributed by atoms with Gasteiger partial charge >= 0.3 is 6.03 Å². The molecular formula is C21H21F2N3O3. The molecule has 152 valence electrons. The average Bonchev–Trinajstić information content (AvgIpc) is 3.08. The molecule has 0 saturated carbocycles. The van der Waals surface area contributed by atoms with Crippen molar-refractivity contribution in [2.45, 2.75) is 19.1 Å². The van der Waals surface area contributed by atoms with Crippen molar-refractivity contribution < 1.29 is 23.1 Å². The molecule has 3 amide bonds. The Balaban J connectivity index is 1.28. The molecule has 1 fully saturated rings. The van der Waals surface area contributed by atoms with Crippen molar-refractivity contribution in [3.05, 3.63) is 65.2 Å². The third-order valence-electron chi connectivity index (χ3n) is 5.21. The number of carbonyl (C=O) groups is 2. The van der Waals surface area contributed by atoms with Gasteiger partial charge in [-0.05, 0) is 23.3 Å². The average molecular weight is 401 g/mol. The van der Waals surface area contributed by atoms with Gasteiger partial charge in [-0.1, -0.05) is 24.3 Å². The second-order valence-corrected chi connectivity index (χ2v) is 7.16. The number of hydrogen-bond donors (Lipinski definition) is 1. The summed E-state index contributed by atoms with van der Waals surface area (Å²) >= 11 is 0. The number of ether oxygens (including phenoxy) is 1. The zero-order valence-electron chi connectivity index (χ0n) is 15.7. The predicted molar refractivity (Wildman–Crippen MR) is 102 cm³/mol. The van der Waals surface area contributed by atoms with Gasteiger partial charge in [-0.15, -0.1) is 0 Å². The zero-order valence-corrected chi connectivity index (χ0v) is 15.7. The number of hydrogen-bond acceptors (Lipinski definition) is 3. The lowest BCUT2D eigenvalue weighted by atomic mass is 9.99. The van der Waals surface area contributed by atoms with Gasteiger partial charge in [0, 0.05) is 37.8 Å². The monoisotopic (exact) mass is 401 g/mol. The molecule has 2 aromatic rings. The Morgan fingerprint density at radius 2 is 1.90 bits per heavy atom. The maximum atomic E-state index is 13.4. The maximum absolute atomic E-state index is 13.4. The summed E-state index contributed by atoms with van der Waals surface area (Å²) in [5, 5.41) is 2.82. The van der Waals surface area contributed by atoms with E-state index < -0.39 is 17.7 Å². The van der Waals surface area contributed by atoms with E-state index in [9.17, 15) is 18.4 Å². The first kappa shape index (κ1) is 19.3. The van der Waals surface area contributed by atoms with Gasteiger partial charge in [-0.2, -0.15) is 0 Å². The Morgan fingerprint density at radius 3 is 2.69 bits per heavy atom. The highest BCUT2D eigenvalue weighted by Gasteiger charge is 2.31. The van der Waals surface area contributed by atoms with Crippen molar-refractivity contribution in [1.82, 2.24) is 10.2 Å². The predicted octanol–water partition coefficient (Wildman–Crippen LogP) is 2.46. The molecule has 1 atom stereocenters. The van der Waals surface area contributed by atoms with Gasteiger partial charge in [0.05, 0.1) is 12.7 Å². The molecule has 0 bridgehead atoms. The van der Waals surface area contributed by atoms with Crippen LogP contribution < -0.4 is 10.2 Å². The van der Waals surface area contributed by atoms with E-state index in [-0.39, 0.29) is 24.2 Å². The molecule has 8 heteroatoms. The van der Waals surface area contributed by atoms with Crippen LogP contribution in [0, 0.1) is 11.6 Å². The lowest BCUT2D eigenvalue weighted by Crippen LogP contribution is -2.43. The van der Waals surface area contributed by atoms with Gasteiger partial charge in [0.1, 0.15) is 6.54 Å². The lowest BCUT2D eigenvalue weighted by molar-refractivity contribution is -0.122. The number of rotatable bonds is 5. The maximum Gasteiger partial charge on any atom is 0.325 e. The number of urea groups is 1. The summed E-state index contributed by atoms with van der Waals surface area (Å²) in [5.74, 6) is -2.27. The normalized spacial score (nSPS) is 18.7. The fraction of sp³-hybridized carbons (Fsp3) is 0.333. The minimum absolute atomic E-state index is 0.0949. The molecule has 2 aliphatic heterocycles. The number of nitrogens with one attached hydrogen (secondary N) is 1. The first-order valence-electron chi connectivity index (χ1n) is 9.48. The molecule has 2 aliphatic rings. The Labute approximate surface area is 167 Å². The highest BCUT2D eigenvalue weighted by atomic mass is 19.2. The van der Waals surface area contributed by atoms with Crippen LogP contribution in [-0.4, -0.2) is 49.1 Å². The van der Waals surface area contributed by atoms with E-state index in [4.69, 9.17) is 4.74 Å². The van der Waals surface area contributed by atoms with Crippen LogP contribution in [0.3, 0.4) is 0 Å². The van der Waals surface area contributed by atoms with E-state index in [1.807, 2.05) is 18.2 Å². The molecule has 6 nitrogen and oxygen atoms in total. The van der Waals surface area contributed by atoms with E-state index in [1.54, 1.807) is 0 Å². The Kier molecular flexibility index (Phi) is 5.44. The van der Waals surface area contributed by atoms with Crippen LogP contribution in [0.4, 0.5) is 19.3 Å². The summed E-state index contributed by atoms with van der Waals surface area (Å²) in [7, 11) is 0. The van der Waals surface area contributed by atoms with Crippen molar-refractivity contribution in [2.24, 2.45) is 0 Å². The third kappa shape index (κ3) is 4.22. The van der Waals surface area contributed by atoms with Crippen LogP contribution in [0.5, 0.6) is 0 Å². The smallest absolute Gasteiger partial charge is 0.325 e. The van der Waals surface area contributed by atoms with Crippen molar-refractivity contribution >= 4 is 17.6 Å². The highest BCUT2D eigenvalue weighted by Crippen LogP contribution is 2.23. The first-order chi connectivity index (χ1) is 14.0. The van der Waals surface area contributed by atoms with Crippen LogP contribution in [0.2, 0.25) is 0 Å². The SMILES string of the molecule is O=C(CN1CCN(c2ccc(F)c(F)c2)C1=O)NCC1Cc2ccccc2CO1.